The van der Waals surface area contributed by atoms with Crippen LogP contribution in [0, 0.1) is 0 Å². The molecule has 0 radical (unpaired) electrons. The highest BCUT2D eigenvalue weighted by Gasteiger charge is 2.22. The number of thiophene rings is 1. The summed E-state index contributed by atoms with van der Waals surface area (Å²) in [5.74, 6) is 0.0250. The minimum absolute atomic E-state index is 0.0250. The van der Waals surface area contributed by atoms with E-state index in [0.717, 1.165) is 24.0 Å². The van der Waals surface area contributed by atoms with E-state index in [-0.39, 0.29) is 18.0 Å². The molecule has 1 aliphatic heterocycles. The fourth-order valence-electron chi connectivity index (χ4n) is 3.07. The molecule has 3 rings (SSSR count). The molecule has 3 amide bonds. The molecule has 0 atom stereocenters. The molecule has 0 spiro atoms. The average Bonchev–Trinajstić information content (AvgIpc) is 3.06. The van der Waals surface area contributed by atoms with Crippen LogP contribution < -0.4 is 10.6 Å². The molecule has 0 aliphatic carbocycles. The van der Waals surface area contributed by atoms with Crippen LogP contribution in [0.4, 0.5) is 10.5 Å². The maximum atomic E-state index is 12.7. The number of urea groups is 1. The maximum Gasteiger partial charge on any atom is 0.319 e. The molecule has 2 heterocycles. The summed E-state index contributed by atoms with van der Waals surface area (Å²) in [5.41, 5.74) is 1.29. The van der Waals surface area contributed by atoms with E-state index in [1.54, 1.807) is 35.6 Å². The third-order valence-corrected chi connectivity index (χ3v) is 5.69. The van der Waals surface area contributed by atoms with E-state index in [0.29, 0.717) is 24.3 Å². The van der Waals surface area contributed by atoms with Gasteiger partial charge in [-0.3, -0.25) is 9.69 Å². The Kier molecular flexibility index (Phi) is 6.93. The number of hydrogen-bond donors (Lipinski definition) is 2. The van der Waals surface area contributed by atoms with Gasteiger partial charge in [0, 0.05) is 54.9 Å². The molecule has 0 unspecified atom stereocenters. The SMILES string of the molecule is CC(C)NC(=O)Nc1ccc(C(=O)N2CCN(Cc3ccc(Cl)s3)CC2)cc1. The van der Waals surface area contributed by atoms with Crippen molar-refractivity contribution in [2.75, 3.05) is 31.5 Å². The van der Waals surface area contributed by atoms with Crippen LogP contribution in [0.25, 0.3) is 0 Å². The first-order valence-corrected chi connectivity index (χ1v) is 10.5. The third kappa shape index (κ3) is 5.70. The second kappa shape index (κ2) is 9.41. The molecule has 2 aromatic rings. The first-order chi connectivity index (χ1) is 13.4. The zero-order valence-electron chi connectivity index (χ0n) is 16.1. The molecule has 1 aromatic heterocycles. The molecule has 0 bridgehead atoms. The fourth-order valence-corrected chi connectivity index (χ4v) is 4.20. The molecular weight excluding hydrogens is 396 g/mol. The maximum absolute atomic E-state index is 12.7. The first-order valence-electron chi connectivity index (χ1n) is 9.34. The highest BCUT2D eigenvalue weighted by Crippen LogP contribution is 2.23. The standard InChI is InChI=1S/C20H25ClN4O2S/c1-14(2)22-20(27)23-16-5-3-15(4-6-16)19(26)25-11-9-24(10-12-25)13-17-7-8-18(21)28-17/h3-8,14H,9-13H2,1-2H3,(H2,22,23,27). The second-order valence-corrected chi connectivity index (χ2v) is 8.90. The Balaban J connectivity index is 1.50. The highest BCUT2D eigenvalue weighted by atomic mass is 35.5. The molecular formula is C20H25ClN4O2S. The van der Waals surface area contributed by atoms with Gasteiger partial charge in [-0.05, 0) is 50.2 Å². The van der Waals surface area contributed by atoms with Crippen molar-refractivity contribution in [1.29, 1.82) is 0 Å². The number of anilines is 1. The molecule has 8 heteroatoms. The molecule has 1 saturated heterocycles. The Bertz CT molecular complexity index is 814. The first kappa shape index (κ1) is 20.6. The lowest BCUT2D eigenvalue weighted by atomic mass is 10.1. The number of piperazine rings is 1. The quantitative estimate of drug-likeness (QED) is 0.771. The monoisotopic (exact) mass is 420 g/mol. The molecule has 1 fully saturated rings. The van der Waals surface area contributed by atoms with Gasteiger partial charge in [-0.2, -0.15) is 0 Å². The summed E-state index contributed by atoms with van der Waals surface area (Å²) in [6, 6.07) is 10.8. The van der Waals surface area contributed by atoms with Crippen molar-refractivity contribution in [3.63, 3.8) is 0 Å². The number of amides is 3. The van der Waals surface area contributed by atoms with Gasteiger partial charge in [0.05, 0.1) is 4.34 Å². The molecule has 0 saturated carbocycles. The van der Waals surface area contributed by atoms with Crippen LogP contribution in [0.3, 0.4) is 0 Å². The number of carbonyl (C=O) groups excluding carboxylic acids is 2. The van der Waals surface area contributed by atoms with Crippen LogP contribution in [-0.4, -0.2) is 54.0 Å². The summed E-state index contributed by atoms with van der Waals surface area (Å²) in [6.07, 6.45) is 0. The van der Waals surface area contributed by atoms with Crippen LogP contribution in [0.5, 0.6) is 0 Å². The lowest BCUT2D eigenvalue weighted by Gasteiger charge is -2.34. The number of hydrogen-bond acceptors (Lipinski definition) is 4. The Morgan fingerprint density at radius 3 is 2.32 bits per heavy atom. The van der Waals surface area contributed by atoms with Crippen molar-refractivity contribution in [2.24, 2.45) is 0 Å². The summed E-state index contributed by atoms with van der Waals surface area (Å²) in [4.78, 5) is 29.9. The van der Waals surface area contributed by atoms with E-state index >= 15 is 0 Å². The lowest BCUT2D eigenvalue weighted by Crippen LogP contribution is -2.48. The Morgan fingerprint density at radius 2 is 1.75 bits per heavy atom. The zero-order chi connectivity index (χ0) is 20.1. The Morgan fingerprint density at radius 1 is 1.07 bits per heavy atom. The normalized spacial score (nSPS) is 14.9. The molecule has 6 nitrogen and oxygen atoms in total. The van der Waals surface area contributed by atoms with Gasteiger partial charge in [-0.1, -0.05) is 11.6 Å². The van der Waals surface area contributed by atoms with Gasteiger partial charge in [0.15, 0.2) is 0 Å². The van der Waals surface area contributed by atoms with E-state index in [1.165, 1.54) is 4.88 Å². The van der Waals surface area contributed by atoms with Gasteiger partial charge >= 0.3 is 6.03 Å². The molecule has 150 valence electrons. The lowest BCUT2D eigenvalue weighted by molar-refractivity contribution is 0.0629. The summed E-state index contributed by atoms with van der Waals surface area (Å²) in [6.45, 7) is 7.77. The summed E-state index contributed by atoms with van der Waals surface area (Å²) in [5, 5.41) is 5.53. The van der Waals surface area contributed by atoms with Gasteiger partial charge in [0.25, 0.3) is 5.91 Å². The van der Waals surface area contributed by atoms with Crippen molar-refractivity contribution in [2.45, 2.75) is 26.4 Å². The van der Waals surface area contributed by atoms with Gasteiger partial charge in [-0.25, -0.2) is 4.79 Å². The van der Waals surface area contributed by atoms with E-state index in [9.17, 15) is 9.59 Å². The fraction of sp³-hybridized carbons (Fsp3) is 0.400. The second-order valence-electron chi connectivity index (χ2n) is 7.10. The zero-order valence-corrected chi connectivity index (χ0v) is 17.6. The highest BCUT2D eigenvalue weighted by molar-refractivity contribution is 7.16. The minimum Gasteiger partial charge on any atom is -0.336 e. The molecule has 1 aliphatic rings. The number of nitrogens with zero attached hydrogens (tertiary/aromatic N) is 2. The predicted molar refractivity (Wildman–Crippen MR) is 114 cm³/mol. The van der Waals surface area contributed by atoms with Crippen LogP contribution in [-0.2, 0) is 6.54 Å². The van der Waals surface area contributed by atoms with Crippen LogP contribution >= 0.6 is 22.9 Å². The summed E-state index contributed by atoms with van der Waals surface area (Å²) < 4.78 is 0.809. The summed E-state index contributed by atoms with van der Waals surface area (Å²) in [7, 11) is 0. The smallest absolute Gasteiger partial charge is 0.319 e. The van der Waals surface area contributed by atoms with Crippen LogP contribution in [0.2, 0.25) is 4.34 Å². The average molecular weight is 421 g/mol. The Hall–Kier alpha value is -2.09. The third-order valence-electron chi connectivity index (χ3n) is 4.48. The van der Waals surface area contributed by atoms with E-state index in [1.807, 2.05) is 24.8 Å². The summed E-state index contributed by atoms with van der Waals surface area (Å²) >= 11 is 7.59. The number of carbonyl (C=O) groups is 2. The van der Waals surface area contributed by atoms with E-state index in [4.69, 9.17) is 11.6 Å². The molecule has 1 aromatic carbocycles. The van der Waals surface area contributed by atoms with Crippen molar-refractivity contribution < 1.29 is 9.59 Å². The van der Waals surface area contributed by atoms with Crippen molar-refractivity contribution in [3.8, 4) is 0 Å². The number of nitrogens with one attached hydrogen (secondary N) is 2. The van der Waals surface area contributed by atoms with Crippen LogP contribution in [0.15, 0.2) is 36.4 Å². The number of halogens is 1. The van der Waals surface area contributed by atoms with E-state index < -0.39 is 0 Å². The van der Waals surface area contributed by atoms with Gasteiger partial charge < -0.3 is 15.5 Å². The minimum atomic E-state index is -0.253. The topological polar surface area (TPSA) is 64.7 Å². The predicted octanol–water partition coefficient (Wildman–Crippen LogP) is 3.89. The van der Waals surface area contributed by atoms with Gasteiger partial charge in [-0.15, -0.1) is 11.3 Å². The van der Waals surface area contributed by atoms with Crippen molar-refractivity contribution in [3.05, 3.63) is 51.2 Å². The van der Waals surface area contributed by atoms with E-state index in [2.05, 4.69) is 21.6 Å². The Labute approximate surface area is 174 Å². The van der Waals surface area contributed by atoms with Crippen LogP contribution in [0.1, 0.15) is 29.1 Å². The van der Waals surface area contributed by atoms with Crippen molar-refractivity contribution in [1.82, 2.24) is 15.1 Å². The van der Waals surface area contributed by atoms with Gasteiger partial charge in [0.2, 0.25) is 0 Å². The van der Waals surface area contributed by atoms with Crippen molar-refractivity contribution >= 4 is 40.6 Å². The number of benzene rings is 1. The largest absolute Gasteiger partial charge is 0.336 e. The molecule has 28 heavy (non-hydrogen) atoms. The molecule has 2 N–H and O–H groups in total. The number of rotatable bonds is 5. The van der Waals surface area contributed by atoms with Gasteiger partial charge in [0.1, 0.15) is 0 Å².